The van der Waals surface area contributed by atoms with Crippen LogP contribution in [0.1, 0.15) is 85.5 Å². The van der Waals surface area contributed by atoms with Gasteiger partial charge in [-0.2, -0.15) is 0 Å². The van der Waals surface area contributed by atoms with Gasteiger partial charge < -0.3 is 89.0 Å². The molecule has 10 N–H and O–H groups in total. The van der Waals surface area contributed by atoms with Gasteiger partial charge in [0.25, 0.3) is 0 Å². The van der Waals surface area contributed by atoms with Crippen LogP contribution in [-0.2, 0) is 37.9 Å². The second kappa shape index (κ2) is 17.4. The fourth-order valence-corrected chi connectivity index (χ4v) is 14.4. The number of aliphatic hydroxyl groups is 10. The molecule has 356 valence electrons. The quantitative estimate of drug-likeness (QED) is 0.129. The molecule has 0 aromatic rings. The Bertz CT molecular complexity index is 1550. The SMILES string of the molecule is CC1CC[C@@]2(OC1)O[C@H]1C[C@H]3[C@@H]4CCC5CC(O[C@@H]6O[C@H](CO)[C@H](O)[C@H](O[C@@H]7OC[C@@H](O)[C@H](O)[C@H]7O)[C@H]6O[C@@H]6O[C@H](CO)[C@@H](O)[C@H](O)[C@H]6O)C(O)C[C@]5(C)[C@H]4CC[C@]3(C)[C@H]1[C@@H]2C. The van der Waals surface area contributed by atoms with Gasteiger partial charge in [0.2, 0.25) is 0 Å². The molecular weight excluding hydrogens is 816 g/mol. The summed E-state index contributed by atoms with van der Waals surface area (Å²) in [5.74, 6) is 2.39. The van der Waals surface area contributed by atoms with Gasteiger partial charge in [-0.1, -0.05) is 27.7 Å². The Morgan fingerprint density at radius 2 is 1.31 bits per heavy atom. The van der Waals surface area contributed by atoms with Gasteiger partial charge in [-0.15, -0.1) is 0 Å². The van der Waals surface area contributed by atoms with Crippen molar-refractivity contribution in [1.82, 2.24) is 0 Å². The lowest BCUT2D eigenvalue weighted by Gasteiger charge is -2.62. The molecule has 18 nitrogen and oxygen atoms in total. The first-order valence-electron chi connectivity index (χ1n) is 23.3. The predicted octanol–water partition coefficient (Wildman–Crippen LogP) is -1.12. The number of ether oxygens (including phenoxy) is 8. The van der Waals surface area contributed by atoms with Crippen molar-refractivity contribution in [1.29, 1.82) is 0 Å². The molecule has 5 aliphatic heterocycles. The summed E-state index contributed by atoms with van der Waals surface area (Å²) in [5.41, 5.74) is -0.0485. The zero-order valence-corrected chi connectivity index (χ0v) is 36.3. The molecule has 4 saturated carbocycles. The summed E-state index contributed by atoms with van der Waals surface area (Å²) in [7, 11) is 0. The number of hydrogen-bond acceptors (Lipinski definition) is 18. The third kappa shape index (κ3) is 7.55. The van der Waals surface area contributed by atoms with Crippen LogP contribution < -0.4 is 0 Å². The molecule has 4 aliphatic carbocycles. The molecule has 9 aliphatic rings. The summed E-state index contributed by atoms with van der Waals surface area (Å²) in [4.78, 5) is 0. The van der Waals surface area contributed by atoms with Crippen LogP contribution in [0, 0.1) is 52.3 Å². The lowest BCUT2D eigenvalue weighted by molar-refractivity contribution is -0.394. The monoisotopic (exact) mass is 888 g/mol. The fraction of sp³-hybridized carbons (Fsp3) is 1.00. The van der Waals surface area contributed by atoms with E-state index in [2.05, 4.69) is 27.7 Å². The van der Waals surface area contributed by atoms with Crippen LogP contribution in [0.15, 0.2) is 0 Å². The van der Waals surface area contributed by atoms with Crippen LogP contribution in [-0.4, -0.2) is 188 Å². The van der Waals surface area contributed by atoms with E-state index in [4.69, 9.17) is 37.9 Å². The van der Waals surface area contributed by atoms with Gasteiger partial charge in [-0.05, 0) is 97.7 Å². The summed E-state index contributed by atoms with van der Waals surface area (Å²) in [6, 6.07) is 0. The minimum Gasteiger partial charge on any atom is -0.394 e. The molecule has 9 fully saturated rings. The zero-order valence-electron chi connectivity index (χ0n) is 36.3. The first-order chi connectivity index (χ1) is 29.4. The van der Waals surface area contributed by atoms with Crippen molar-refractivity contribution in [2.45, 2.75) is 196 Å². The van der Waals surface area contributed by atoms with E-state index in [0.29, 0.717) is 48.3 Å². The van der Waals surface area contributed by atoms with Crippen molar-refractivity contribution in [3.05, 3.63) is 0 Å². The molecule has 27 atom stereocenters. The smallest absolute Gasteiger partial charge is 0.187 e. The van der Waals surface area contributed by atoms with Gasteiger partial charge in [-0.25, -0.2) is 0 Å². The van der Waals surface area contributed by atoms with E-state index in [1.54, 1.807) is 0 Å². The van der Waals surface area contributed by atoms with Crippen molar-refractivity contribution in [3.8, 4) is 0 Å². The van der Waals surface area contributed by atoms with E-state index >= 15 is 0 Å². The number of rotatable bonds is 8. The first-order valence-corrected chi connectivity index (χ1v) is 23.3. The molecule has 0 radical (unpaired) electrons. The van der Waals surface area contributed by atoms with Crippen molar-refractivity contribution < 1.29 is 89.0 Å². The summed E-state index contributed by atoms with van der Waals surface area (Å²) >= 11 is 0. The predicted molar refractivity (Wildman–Crippen MR) is 211 cm³/mol. The third-order valence-corrected chi connectivity index (χ3v) is 17.9. The molecule has 18 heteroatoms. The van der Waals surface area contributed by atoms with Gasteiger partial charge >= 0.3 is 0 Å². The van der Waals surface area contributed by atoms with Crippen LogP contribution in [0.3, 0.4) is 0 Å². The molecular formula is C44H72O18. The van der Waals surface area contributed by atoms with Crippen LogP contribution >= 0.6 is 0 Å². The van der Waals surface area contributed by atoms with E-state index in [1.807, 2.05) is 0 Å². The molecule has 4 unspecified atom stereocenters. The summed E-state index contributed by atoms with van der Waals surface area (Å²) < 4.78 is 49.6. The van der Waals surface area contributed by atoms with E-state index < -0.39 is 124 Å². The van der Waals surface area contributed by atoms with Gasteiger partial charge in [0.05, 0.1) is 44.7 Å². The van der Waals surface area contributed by atoms with E-state index in [1.165, 1.54) is 0 Å². The lowest BCUT2D eigenvalue weighted by atomic mass is 9.44. The molecule has 0 amide bonds. The topological polar surface area (TPSA) is 276 Å². The Morgan fingerprint density at radius 3 is 2.02 bits per heavy atom. The van der Waals surface area contributed by atoms with Gasteiger partial charge in [-0.3, -0.25) is 0 Å². The average molecular weight is 889 g/mol. The normalized spacial score (nSPS) is 58.9. The molecule has 1 spiro atoms. The molecule has 0 aromatic carbocycles. The fourth-order valence-electron chi connectivity index (χ4n) is 14.4. The number of aliphatic hydroxyl groups excluding tert-OH is 10. The van der Waals surface area contributed by atoms with E-state index in [-0.39, 0.29) is 22.9 Å². The van der Waals surface area contributed by atoms with Crippen molar-refractivity contribution in [2.24, 2.45) is 52.3 Å². The van der Waals surface area contributed by atoms with Crippen LogP contribution in [0.2, 0.25) is 0 Å². The summed E-state index contributed by atoms with van der Waals surface area (Å²) in [5, 5.41) is 107. The number of hydrogen-bond donors (Lipinski definition) is 10. The van der Waals surface area contributed by atoms with Crippen LogP contribution in [0.25, 0.3) is 0 Å². The van der Waals surface area contributed by atoms with Crippen molar-refractivity contribution in [3.63, 3.8) is 0 Å². The highest BCUT2D eigenvalue weighted by Gasteiger charge is 2.69. The van der Waals surface area contributed by atoms with Crippen molar-refractivity contribution >= 4 is 0 Å². The highest BCUT2D eigenvalue weighted by Crippen LogP contribution is 2.71. The Labute approximate surface area is 362 Å². The van der Waals surface area contributed by atoms with Gasteiger partial charge in [0.1, 0.15) is 67.1 Å². The maximum atomic E-state index is 12.1. The zero-order chi connectivity index (χ0) is 44.2. The van der Waals surface area contributed by atoms with E-state index in [9.17, 15) is 51.1 Å². The highest BCUT2D eigenvalue weighted by atomic mass is 16.8. The van der Waals surface area contributed by atoms with Gasteiger partial charge in [0, 0.05) is 12.3 Å². The van der Waals surface area contributed by atoms with E-state index in [0.717, 1.165) is 51.6 Å². The Kier molecular flexibility index (Phi) is 13.0. The maximum Gasteiger partial charge on any atom is 0.187 e. The maximum absolute atomic E-state index is 12.1. The summed E-state index contributed by atoms with van der Waals surface area (Å²) in [6.07, 6.45) is -16.2. The minimum atomic E-state index is -1.87. The summed E-state index contributed by atoms with van der Waals surface area (Å²) in [6.45, 7) is 8.27. The van der Waals surface area contributed by atoms with Crippen molar-refractivity contribution in [2.75, 3.05) is 26.4 Å². The number of fused-ring (bicyclic) bond motifs is 7. The molecule has 5 saturated heterocycles. The largest absolute Gasteiger partial charge is 0.394 e. The molecule has 9 rings (SSSR count). The van der Waals surface area contributed by atoms with Crippen LogP contribution in [0.5, 0.6) is 0 Å². The molecule has 0 aromatic heterocycles. The first kappa shape index (κ1) is 46.4. The Balaban J connectivity index is 0.934. The highest BCUT2D eigenvalue weighted by molar-refractivity contribution is 5.16. The Hall–Kier alpha value is -0.720. The second-order valence-corrected chi connectivity index (χ2v) is 21.2. The lowest BCUT2D eigenvalue weighted by Crippen LogP contribution is -2.67. The second-order valence-electron chi connectivity index (χ2n) is 21.2. The molecule has 62 heavy (non-hydrogen) atoms. The standard InChI is InChI=1S/C44H72O18/c1-18-7-10-44(56-16-18)19(2)30-27(62-44)12-23-21-6-5-20-11-26(24(47)13-43(20,4)22(21)8-9-42(23,30)3)57-41-38(61-40-36(54)34(52)32(50)28(14-45)58-40)37(33(51)29(15-46)59-41)60-39-35(53)31(49)25(48)17-55-39/h18-41,45-54H,5-17H2,1-4H3/t18?,19-,20?,21+,22-,23-,24?,25+,26?,27-,28+,29+,30-,31-,32+,33-,34-,35+,36+,37-,38+,39-,40-,41+,42-,43-,44+/m0/s1. The van der Waals surface area contributed by atoms with Crippen LogP contribution in [0.4, 0.5) is 0 Å². The minimum absolute atomic E-state index is 0.139. The molecule has 5 heterocycles. The third-order valence-electron chi connectivity index (χ3n) is 17.9. The van der Waals surface area contributed by atoms with Gasteiger partial charge in [0.15, 0.2) is 24.7 Å². The molecule has 0 bridgehead atoms. The average Bonchev–Trinajstić information content (AvgIpc) is 3.69. The Morgan fingerprint density at radius 1 is 0.613 bits per heavy atom.